The average molecular weight is 392 g/mol. The molecule has 0 radical (unpaired) electrons. The largest absolute Gasteiger partial charge is 0.335 e. The minimum Gasteiger partial charge on any atom is -0.335 e. The number of amides is 2. The van der Waals surface area contributed by atoms with Gasteiger partial charge in [0.1, 0.15) is 5.01 Å². The fraction of sp³-hybridized carbons (Fsp3) is 0.304. The molecule has 1 aliphatic carbocycles. The Kier molecular flexibility index (Phi) is 6.02. The van der Waals surface area contributed by atoms with Crippen LogP contribution in [-0.4, -0.2) is 17.1 Å². The van der Waals surface area contributed by atoms with Crippen molar-refractivity contribution in [3.63, 3.8) is 0 Å². The van der Waals surface area contributed by atoms with Gasteiger partial charge in [0, 0.05) is 29.1 Å². The molecule has 0 saturated heterocycles. The molecule has 1 aromatic heterocycles. The second-order valence-electron chi connectivity index (χ2n) is 7.27. The lowest BCUT2D eigenvalue weighted by Gasteiger charge is -2.22. The van der Waals surface area contributed by atoms with Crippen LogP contribution in [-0.2, 0) is 6.54 Å². The lowest BCUT2D eigenvalue weighted by molar-refractivity contribution is 0.232. The monoisotopic (exact) mass is 391 g/mol. The quantitative estimate of drug-likeness (QED) is 0.594. The van der Waals surface area contributed by atoms with Gasteiger partial charge in [-0.1, -0.05) is 67.8 Å². The normalized spacial score (nSPS) is 14.6. The van der Waals surface area contributed by atoms with Crippen LogP contribution in [0.5, 0.6) is 0 Å². The van der Waals surface area contributed by atoms with Crippen LogP contribution in [0, 0.1) is 0 Å². The van der Waals surface area contributed by atoms with Gasteiger partial charge >= 0.3 is 6.03 Å². The molecule has 1 saturated carbocycles. The Morgan fingerprint density at radius 3 is 2.61 bits per heavy atom. The second-order valence-corrected chi connectivity index (χ2v) is 8.12. The Morgan fingerprint density at radius 1 is 1.00 bits per heavy atom. The molecule has 5 heteroatoms. The predicted molar refractivity (Wildman–Crippen MR) is 115 cm³/mol. The van der Waals surface area contributed by atoms with Gasteiger partial charge in [0.15, 0.2) is 0 Å². The van der Waals surface area contributed by atoms with Crippen molar-refractivity contribution in [2.24, 2.45) is 0 Å². The van der Waals surface area contributed by atoms with Crippen molar-refractivity contribution in [1.82, 2.24) is 15.6 Å². The first-order valence-electron chi connectivity index (χ1n) is 9.92. The minimum absolute atomic E-state index is 0.0714. The van der Waals surface area contributed by atoms with Gasteiger partial charge in [0.05, 0.1) is 5.69 Å². The van der Waals surface area contributed by atoms with Crippen molar-refractivity contribution in [2.45, 2.75) is 44.7 Å². The highest BCUT2D eigenvalue weighted by molar-refractivity contribution is 7.13. The minimum atomic E-state index is -0.0714. The summed E-state index contributed by atoms with van der Waals surface area (Å²) in [5.41, 5.74) is 4.28. The molecule has 4 nitrogen and oxygen atoms in total. The SMILES string of the molecule is O=C(NCc1cccc(-c2nc(-c3ccccc3)cs2)c1)NC1CCCCC1. The molecule has 1 heterocycles. The third kappa shape index (κ3) is 4.78. The van der Waals surface area contributed by atoms with E-state index in [0.29, 0.717) is 12.6 Å². The molecule has 0 spiro atoms. The molecule has 28 heavy (non-hydrogen) atoms. The molecule has 144 valence electrons. The maximum Gasteiger partial charge on any atom is 0.315 e. The average Bonchev–Trinajstić information content (AvgIpc) is 3.24. The van der Waals surface area contributed by atoms with E-state index >= 15 is 0 Å². The Morgan fingerprint density at radius 2 is 1.79 bits per heavy atom. The molecule has 2 amide bonds. The number of aromatic nitrogens is 1. The van der Waals surface area contributed by atoms with Gasteiger partial charge in [-0.3, -0.25) is 0 Å². The van der Waals surface area contributed by atoms with Crippen molar-refractivity contribution in [3.8, 4) is 21.8 Å². The first kappa shape index (κ1) is 18.7. The fourth-order valence-corrected chi connectivity index (χ4v) is 4.45. The Hall–Kier alpha value is -2.66. The summed E-state index contributed by atoms with van der Waals surface area (Å²) in [6, 6.07) is 18.7. The van der Waals surface area contributed by atoms with Crippen LogP contribution in [0.15, 0.2) is 60.0 Å². The van der Waals surface area contributed by atoms with Crippen molar-refractivity contribution in [1.29, 1.82) is 0 Å². The van der Waals surface area contributed by atoms with Crippen LogP contribution < -0.4 is 10.6 Å². The number of hydrogen-bond donors (Lipinski definition) is 2. The highest BCUT2D eigenvalue weighted by Crippen LogP contribution is 2.29. The maximum atomic E-state index is 12.2. The summed E-state index contributed by atoms with van der Waals surface area (Å²) in [5.74, 6) is 0. The lowest BCUT2D eigenvalue weighted by Crippen LogP contribution is -2.42. The Bertz CT molecular complexity index is 916. The first-order valence-corrected chi connectivity index (χ1v) is 10.8. The number of benzene rings is 2. The van der Waals surface area contributed by atoms with E-state index in [2.05, 4.69) is 40.3 Å². The maximum absolute atomic E-state index is 12.2. The third-order valence-electron chi connectivity index (χ3n) is 5.14. The summed E-state index contributed by atoms with van der Waals surface area (Å²) < 4.78 is 0. The molecule has 3 aromatic rings. The van der Waals surface area contributed by atoms with Crippen LogP contribution >= 0.6 is 11.3 Å². The second kappa shape index (κ2) is 9.02. The molecule has 2 N–H and O–H groups in total. The van der Waals surface area contributed by atoms with E-state index in [0.717, 1.165) is 40.2 Å². The van der Waals surface area contributed by atoms with Crippen molar-refractivity contribution in [3.05, 3.63) is 65.5 Å². The zero-order valence-electron chi connectivity index (χ0n) is 15.9. The topological polar surface area (TPSA) is 54.0 Å². The molecule has 2 aromatic carbocycles. The standard InChI is InChI=1S/C23H25N3OS/c27-23(25-20-12-5-2-6-13-20)24-15-17-8-7-11-19(14-17)22-26-21(16-28-22)18-9-3-1-4-10-18/h1,3-4,7-11,14,16,20H,2,5-6,12-13,15H2,(H2,24,25,27). The van der Waals surface area contributed by atoms with E-state index in [1.54, 1.807) is 11.3 Å². The summed E-state index contributed by atoms with van der Waals surface area (Å²) >= 11 is 1.64. The Labute approximate surface area is 170 Å². The lowest BCUT2D eigenvalue weighted by atomic mass is 9.96. The van der Waals surface area contributed by atoms with E-state index in [4.69, 9.17) is 4.98 Å². The van der Waals surface area contributed by atoms with Gasteiger partial charge in [-0.25, -0.2) is 9.78 Å². The number of nitrogens with zero attached hydrogens (tertiary/aromatic N) is 1. The number of hydrogen-bond acceptors (Lipinski definition) is 3. The van der Waals surface area contributed by atoms with Gasteiger partial charge in [-0.2, -0.15) is 0 Å². The summed E-state index contributed by atoms with van der Waals surface area (Å²) in [6.45, 7) is 0.517. The molecule has 0 atom stereocenters. The first-order chi connectivity index (χ1) is 13.8. The summed E-state index contributed by atoms with van der Waals surface area (Å²) in [6.07, 6.45) is 5.90. The Balaban J connectivity index is 1.38. The molecule has 0 aliphatic heterocycles. The number of carbonyl (C=O) groups is 1. The van der Waals surface area contributed by atoms with E-state index < -0.39 is 0 Å². The van der Waals surface area contributed by atoms with Gasteiger partial charge in [0.25, 0.3) is 0 Å². The zero-order chi connectivity index (χ0) is 19.2. The molecule has 4 rings (SSSR count). The molecular weight excluding hydrogens is 366 g/mol. The molecule has 0 bridgehead atoms. The van der Waals surface area contributed by atoms with Gasteiger partial charge in [-0.05, 0) is 24.5 Å². The molecule has 1 aliphatic rings. The van der Waals surface area contributed by atoms with E-state index in [9.17, 15) is 4.79 Å². The highest BCUT2D eigenvalue weighted by Gasteiger charge is 2.15. The van der Waals surface area contributed by atoms with Crippen molar-refractivity contribution in [2.75, 3.05) is 0 Å². The van der Waals surface area contributed by atoms with Gasteiger partial charge < -0.3 is 10.6 Å². The summed E-state index contributed by atoms with van der Waals surface area (Å²) in [4.78, 5) is 17.0. The third-order valence-corrected chi connectivity index (χ3v) is 6.03. The molecule has 0 unspecified atom stereocenters. The van der Waals surface area contributed by atoms with E-state index in [-0.39, 0.29) is 6.03 Å². The molecule has 1 fully saturated rings. The number of urea groups is 1. The fourth-order valence-electron chi connectivity index (χ4n) is 3.63. The van der Waals surface area contributed by atoms with Crippen LogP contribution in [0.4, 0.5) is 4.79 Å². The van der Waals surface area contributed by atoms with E-state index in [1.165, 1.54) is 19.3 Å². The van der Waals surface area contributed by atoms with Crippen molar-refractivity contribution >= 4 is 17.4 Å². The summed E-state index contributed by atoms with van der Waals surface area (Å²) in [5, 5.41) is 9.17. The van der Waals surface area contributed by atoms with E-state index in [1.807, 2.05) is 30.3 Å². The van der Waals surface area contributed by atoms with Crippen molar-refractivity contribution < 1.29 is 4.79 Å². The van der Waals surface area contributed by atoms with Crippen LogP contribution in [0.3, 0.4) is 0 Å². The smallest absolute Gasteiger partial charge is 0.315 e. The number of rotatable bonds is 5. The van der Waals surface area contributed by atoms with Gasteiger partial charge in [-0.15, -0.1) is 11.3 Å². The van der Waals surface area contributed by atoms with Crippen LogP contribution in [0.1, 0.15) is 37.7 Å². The molecular formula is C23H25N3OS. The van der Waals surface area contributed by atoms with Gasteiger partial charge in [0.2, 0.25) is 0 Å². The zero-order valence-corrected chi connectivity index (χ0v) is 16.7. The highest BCUT2D eigenvalue weighted by atomic mass is 32.1. The summed E-state index contributed by atoms with van der Waals surface area (Å²) in [7, 11) is 0. The van der Waals surface area contributed by atoms with Crippen LogP contribution in [0.25, 0.3) is 21.8 Å². The number of nitrogens with one attached hydrogen (secondary N) is 2. The number of carbonyl (C=O) groups excluding carboxylic acids is 1. The predicted octanol–water partition coefficient (Wildman–Crippen LogP) is 5.61. The van der Waals surface area contributed by atoms with Crippen LogP contribution in [0.2, 0.25) is 0 Å². The number of thiazole rings is 1.